The maximum atomic E-state index is 10.2. The van der Waals surface area contributed by atoms with Crippen LogP contribution in [-0.4, -0.2) is 23.1 Å². The van der Waals surface area contributed by atoms with Gasteiger partial charge in [0.15, 0.2) is 0 Å². The van der Waals surface area contributed by atoms with Gasteiger partial charge in [-0.3, -0.25) is 4.79 Å². The second-order valence-corrected chi connectivity index (χ2v) is 2.67. The monoisotopic (exact) mass is 135 g/mol. The van der Waals surface area contributed by atoms with Gasteiger partial charge in [-0.05, 0) is 6.92 Å². The zero-order valence-corrected chi connectivity index (χ0v) is 5.75. The van der Waals surface area contributed by atoms with Crippen molar-refractivity contribution in [1.82, 2.24) is 4.72 Å². The standard InChI is InChI=1S/C4H9NO2S/c1-4(6)3-5-8(2)7/h5H,3H2,1-2H3. The van der Waals surface area contributed by atoms with E-state index in [0.717, 1.165) is 0 Å². The van der Waals surface area contributed by atoms with Crippen LogP contribution in [0.5, 0.6) is 0 Å². The summed E-state index contributed by atoms with van der Waals surface area (Å²) in [5.41, 5.74) is 0. The van der Waals surface area contributed by atoms with Gasteiger partial charge in [-0.15, -0.1) is 4.72 Å². The Balaban J connectivity index is 3.05. The fourth-order valence-corrected chi connectivity index (χ4v) is 0.610. The second kappa shape index (κ2) is 3.88. The third kappa shape index (κ3) is 5.94. The molecule has 1 atom stereocenters. The Morgan fingerprint density at radius 2 is 2.38 bits per heavy atom. The van der Waals surface area contributed by atoms with E-state index in [1.54, 1.807) is 0 Å². The van der Waals surface area contributed by atoms with Crippen molar-refractivity contribution in [2.45, 2.75) is 6.92 Å². The van der Waals surface area contributed by atoms with E-state index in [9.17, 15) is 9.35 Å². The van der Waals surface area contributed by atoms with Crippen LogP contribution in [0.3, 0.4) is 0 Å². The molecule has 0 spiro atoms. The van der Waals surface area contributed by atoms with Crippen molar-refractivity contribution in [3.63, 3.8) is 0 Å². The Kier molecular flexibility index (Phi) is 3.85. The van der Waals surface area contributed by atoms with Gasteiger partial charge < -0.3 is 4.55 Å². The predicted molar refractivity (Wildman–Crippen MR) is 32.8 cm³/mol. The summed E-state index contributed by atoms with van der Waals surface area (Å²) in [4.78, 5) is 10.2. The molecule has 1 unspecified atom stereocenters. The molecule has 0 rings (SSSR count). The lowest BCUT2D eigenvalue weighted by atomic mass is 10.5. The van der Waals surface area contributed by atoms with Crippen molar-refractivity contribution in [2.24, 2.45) is 0 Å². The highest BCUT2D eigenvalue weighted by Crippen LogP contribution is 1.72. The number of carbonyl (C=O) groups excluding carboxylic acids is 1. The summed E-state index contributed by atoms with van der Waals surface area (Å²) in [6, 6.07) is 0. The van der Waals surface area contributed by atoms with Crippen LogP contribution < -0.4 is 4.72 Å². The normalized spacial score (nSPS) is 13.4. The molecule has 0 saturated heterocycles. The number of nitrogens with one attached hydrogen (secondary N) is 1. The topological polar surface area (TPSA) is 52.2 Å². The third-order valence-electron chi connectivity index (χ3n) is 0.524. The Morgan fingerprint density at radius 3 is 2.50 bits per heavy atom. The van der Waals surface area contributed by atoms with E-state index in [1.165, 1.54) is 13.2 Å². The zero-order valence-electron chi connectivity index (χ0n) is 4.93. The molecule has 0 aliphatic rings. The molecule has 0 aliphatic carbocycles. The summed E-state index contributed by atoms with van der Waals surface area (Å²) in [5.74, 6) is 0.000185. The molecule has 4 heteroatoms. The van der Waals surface area contributed by atoms with Gasteiger partial charge in [0.05, 0.1) is 6.54 Å². The Hall–Kier alpha value is -0.0600. The molecule has 0 aromatic heterocycles. The number of ketones is 1. The molecule has 0 amide bonds. The van der Waals surface area contributed by atoms with Crippen LogP contribution in [-0.2, 0) is 16.2 Å². The summed E-state index contributed by atoms with van der Waals surface area (Å²) < 4.78 is 12.7. The van der Waals surface area contributed by atoms with Gasteiger partial charge in [0.1, 0.15) is 12.0 Å². The molecule has 0 aromatic carbocycles. The van der Waals surface area contributed by atoms with E-state index in [2.05, 4.69) is 4.72 Å². The van der Waals surface area contributed by atoms with Crippen LogP contribution in [0.15, 0.2) is 0 Å². The summed E-state index contributed by atoms with van der Waals surface area (Å²) in [6.07, 6.45) is 1.49. The first-order valence-corrected chi connectivity index (χ1v) is 3.75. The van der Waals surface area contributed by atoms with Crippen LogP contribution in [0.2, 0.25) is 0 Å². The Labute approximate surface area is 51.8 Å². The molecule has 0 fully saturated rings. The average molecular weight is 135 g/mol. The minimum atomic E-state index is -1.06. The fraction of sp³-hybridized carbons (Fsp3) is 0.750. The van der Waals surface area contributed by atoms with Gasteiger partial charge in [0.2, 0.25) is 0 Å². The molecule has 0 heterocycles. The first-order chi connectivity index (χ1) is 3.63. The smallest absolute Gasteiger partial charge is 0.148 e. The van der Waals surface area contributed by atoms with Crippen molar-refractivity contribution in [2.75, 3.05) is 12.8 Å². The molecule has 0 saturated carbocycles. The number of carbonyl (C=O) groups is 1. The lowest BCUT2D eigenvalue weighted by Gasteiger charge is -2.01. The van der Waals surface area contributed by atoms with Crippen molar-refractivity contribution < 1.29 is 9.35 Å². The van der Waals surface area contributed by atoms with Gasteiger partial charge in [-0.25, -0.2) is 0 Å². The van der Waals surface area contributed by atoms with E-state index in [-0.39, 0.29) is 12.3 Å². The van der Waals surface area contributed by atoms with Crippen molar-refractivity contribution in [3.8, 4) is 0 Å². The van der Waals surface area contributed by atoms with Crippen LogP contribution in [0, 0.1) is 0 Å². The van der Waals surface area contributed by atoms with Crippen LogP contribution >= 0.6 is 0 Å². The molecule has 3 nitrogen and oxygen atoms in total. The minimum Gasteiger partial charge on any atom is -0.598 e. The lowest BCUT2D eigenvalue weighted by molar-refractivity contribution is -0.115. The number of hydrogen-bond acceptors (Lipinski definition) is 3. The number of rotatable bonds is 3. The Bertz CT molecular complexity index is 84.1. The maximum absolute atomic E-state index is 10.2. The molecular formula is C4H9NO2S. The van der Waals surface area contributed by atoms with Gasteiger partial charge in [-0.2, -0.15) is 0 Å². The second-order valence-electron chi connectivity index (χ2n) is 1.48. The van der Waals surface area contributed by atoms with E-state index >= 15 is 0 Å². The molecule has 0 radical (unpaired) electrons. The quantitative estimate of drug-likeness (QED) is 0.529. The lowest BCUT2D eigenvalue weighted by Crippen LogP contribution is -2.26. The number of hydrogen-bond donors (Lipinski definition) is 1. The number of Topliss-reactive ketones (excluding diaryl/α,β-unsaturated/α-hetero) is 1. The molecule has 48 valence electrons. The predicted octanol–water partition coefficient (Wildman–Crippen LogP) is -0.542. The summed E-state index contributed by atoms with van der Waals surface area (Å²) >= 11 is -1.06. The third-order valence-corrected chi connectivity index (χ3v) is 1.08. The maximum Gasteiger partial charge on any atom is 0.148 e. The van der Waals surface area contributed by atoms with E-state index < -0.39 is 11.4 Å². The fourth-order valence-electron chi connectivity index (χ4n) is 0.203. The molecule has 0 bridgehead atoms. The van der Waals surface area contributed by atoms with E-state index in [4.69, 9.17) is 0 Å². The van der Waals surface area contributed by atoms with Gasteiger partial charge in [0, 0.05) is 11.4 Å². The van der Waals surface area contributed by atoms with Gasteiger partial charge in [0.25, 0.3) is 0 Å². The zero-order chi connectivity index (χ0) is 6.57. The first-order valence-electron chi connectivity index (χ1n) is 2.19. The van der Waals surface area contributed by atoms with Crippen molar-refractivity contribution in [1.29, 1.82) is 0 Å². The highest BCUT2D eigenvalue weighted by molar-refractivity contribution is 7.88. The SMILES string of the molecule is CC(=O)CN[S+](C)[O-]. The highest BCUT2D eigenvalue weighted by Gasteiger charge is 1.96. The summed E-state index contributed by atoms with van der Waals surface area (Å²) in [6.45, 7) is 1.64. The average Bonchev–Trinajstić information content (AvgIpc) is 1.61. The molecule has 8 heavy (non-hydrogen) atoms. The molecule has 0 aromatic rings. The van der Waals surface area contributed by atoms with Crippen molar-refractivity contribution >= 4 is 17.1 Å². The summed E-state index contributed by atoms with van der Waals surface area (Å²) in [7, 11) is 0. The minimum absolute atomic E-state index is 0.000185. The molecular weight excluding hydrogens is 126 g/mol. The highest BCUT2D eigenvalue weighted by atomic mass is 32.2. The molecule has 1 N–H and O–H groups in total. The molecule has 0 aliphatic heterocycles. The first kappa shape index (κ1) is 7.94. The van der Waals surface area contributed by atoms with Crippen molar-refractivity contribution in [3.05, 3.63) is 0 Å². The van der Waals surface area contributed by atoms with Gasteiger partial charge >= 0.3 is 0 Å². The largest absolute Gasteiger partial charge is 0.598 e. The van der Waals surface area contributed by atoms with Crippen LogP contribution in [0.4, 0.5) is 0 Å². The van der Waals surface area contributed by atoms with E-state index in [0.29, 0.717) is 0 Å². The van der Waals surface area contributed by atoms with E-state index in [1.807, 2.05) is 0 Å². The summed E-state index contributed by atoms with van der Waals surface area (Å²) in [5, 5.41) is 0. The van der Waals surface area contributed by atoms with Crippen LogP contribution in [0.1, 0.15) is 6.92 Å². The Morgan fingerprint density at radius 1 is 1.88 bits per heavy atom. The van der Waals surface area contributed by atoms with Gasteiger partial charge in [-0.1, -0.05) is 0 Å². The van der Waals surface area contributed by atoms with Crippen LogP contribution in [0.25, 0.3) is 0 Å².